The standard InChI is InChI=1S/C17H19N3O2/c1-11-10-18-17(22)20(11)14-6-4-12(5-7-14)16(21)19-8-2-3-13-9-15(13)19/h4-7,10,13,15H,2-3,8-9H2,1H3,(H,18,22). The van der Waals surface area contributed by atoms with E-state index in [9.17, 15) is 9.59 Å². The predicted octanol–water partition coefficient (Wildman–Crippen LogP) is 2.10. The fraction of sp³-hybridized carbons (Fsp3) is 0.412. The molecule has 0 bridgehead atoms. The van der Waals surface area contributed by atoms with E-state index in [1.54, 1.807) is 10.8 Å². The molecule has 5 heteroatoms. The summed E-state index contributed by atoms with van der Waals surface area (Å²) in [6.07, 6.45) is 5.23. The Hall–Kier alpha value is -2.30. The predicted molar refractivity (Wildman–Crippen MR) is 83.3 cm³/mol. The van der Waals surface area contributed by atoms with Gasteiger partial charge in [-0.25, -0.2) is 4.79 Å². The molecule has 1 aliphatic carbocycles. The molecule has 1 amide bonds. The molecule has 114 valence electrons. The molecule has 2 atom stereocenters. The Morgan fingerprint density at radius 2 is 2.05 bits per heavy atom. The molecule has 1 N–H and O–H groups in total. The van der Waals surface area contributed by atoms with Crippen LogP contribution < -0.4 is 5.69 Å². The van der Waals surface area contributed by atoms with Gasteiger partial charge in [0.1, 0.15) is 0 Å². The monoisotopic (exact) mass is 297 g/mol. The number of fused-ring (bicyclic) bond motifs is 1. The van der Waals surface area contributed by atoms with E-state index >= 15 is 0 Å². The first-order valence-electron chi connectivity index (χ1n) is 7.83. The molecule has 4 rings (SSSR count). The number of aromatic nitrogens is 2. The minimum absolute atomic E-state index is 0.122. The maximum Gasteiger partial charge on any atom is 0.330 e. The number of nitrogens with zero attached hydrogens (tertiary/aromatic N) is 2. The van der Waals surface area contributed by atoms with E-state index < -0.39 is 0 Å². The third-order valence-electron chi connectivity index (χ3n) is 4.85. The summed E-state index contributed by atoms with van der Waals surface area (Å²) in [6.45, 7) is 2.75. The van der Waals surface area contributed by atoms with E-state index in [2.05, 4.69) is 4.98 Å². The Morgan fingerprint density at radius 3 is 2.73 bits per heavy atom. The van der Waals surface area contributed by atoms with Crippen LogP contribution >= 0.6 is 0 Å². The second kappa shape index (κ2) is 4.87. The van der Waals surface area contributed by atoms with E-state index in [0.29, 0.717) is 11.6 Å². The minimum Gasteiger partial charge on any atom is -0.335 e. The molecule has 0 radical (unpaired) electrons. The molecular formula is C17H19N3O2. The van der Waals surface area contributed by atoms with Crippen LogP contribution in [0.5, 0.6) is 0 Å². The molecule has 2 aliphatic rings. The zero-order valence-corrected chi connectivity index (χ0v) is 12.6. The summed E-state index contributed by atoms with van der Waals surface area (Å²) in [7, 11) is 0. The number of hydrogen-bond acceptors (Lipinski definition) is 2. The summed E-state index contributed by atoms with van der Waals surface area (Å²) in [4.78, 5) is 29.1. The first-order valence-corrected chi connectivity index (χ1v) is 7.83. The van der Waals surface area contributed by atoms with E-state index in [1.165, 1.54) is 12.8 Å². The van der Waals surface area contributed by atoms with Gasteiger partial charge >= 0.3 is 5.69 Å². The number of hydrogen-bond donors (Lipinski definition) is 1. The summed E-state index contributed by atoms with van der Waals surface area (Å²) in [6, 6.07) is 7.79. The van der Waals surface area contributed by atoms with Gasteiger partial charge in [-0.1, -0.05) is 0 Å². The number of amides is 1. The van der Waals surface area contributed by atoms with Gasteiger partial charge in [0.05, 0.1) is 5.69 Å². The molecule has 1 aromatic heterocycles. The highest BCUT2D eigenvalue weighted by Gasteiger charge is 2.45. The summed E-state index contributed by atoms with van der Waals surface area (Å²) < 4.78 is 1.60. The van der Waals surface area contributed by atoms with E-state index in [-0.39, 0.29) is 11.6 Å². The van der Waals surface area contributed by atoms with Crippen LogP contribution in [0.1, 0.15) is 35.3 Å². The Balaban J connectivity index is 1.59. The van der Waals surface area contributed by atoms with Crippen molar-refractivity contribution < 1.29 is 4.79 Å². The number of rotatable bonds is 2. The van der Waals surface area contributed by atoms with Crippen molar-refractivity contribution in [1.29, 1.82) is 0 Å². The Bertz CT molecular complexity index is 772. The molecule has 2 unspecified atom stereocenters. The molecular weight excluding hydrogens is 278 g/mol. The van der Waals surface area contributed by atoms with Gasteiger partial charge in [-0.2, -0.15) is 0 Å². The highest BCUT2D eigenvalue weighted by atomic mass is 16.2. The number of imidazole rings is 1. The number of benzene rings is 1. The van der Waals surface area contributed by atoms with Crippen molar-refractivity contribution in [2.45, 2.75) is 32.2 Å². The molecule has 1 aliphatic heterocycles. The van der Waals surface area contributed by atoms with Crippen LogP contribution in [0.15, 0.2) is 35.3 Å². The average Bonchev–Trinajstić information content (AvgIpc) is 3.26. The van der Waals surface area contributed by atoms with Crippen LogP contribution in [0, 0.1) is 12.8 Å². The lowest BCUT2D eigenvalue weighted by atomic mass is 10.1. The topological polar surface area (TPSA) is 58.1 Å². The van der Waals surface area contributed by atoms with Crippen molar-refractivity contribution in [1.82, 2.24) is 14.5 Å². The molecule has 5 nitrogen and oxygen atoms in total. The van der Waals surface area contributed by atoms with Gasteiger partial charge in [0.25, 0.3) is 5.91 Å². The van der Waals surface area contributed by atoms with Crippen LogP contribution in [-0.2, 0) is 0 Å². The van der Waals surface area contributed by atoms with E-state index in [0.717, 1.165) is 30.3 Å². The molecule has 0 spiro atoms. The lowest BCUT2D eigenvalue weighted by Crippen LogP contribution is -2.37. The number of piperidine rings is 1. The van der Waals surface area contributed by atoms with Gasteiger partial charge in [-0.05, 0) is 56.4 Å². The molecule has 1 saturated heterocycles. The van der Waals surface area contributed by atoms with Crippen LogP contribution in [0.2, 0.25) is 0 Å². The van der Waals surface area contributed by atoms with Gasteiger partial charge < -0.3 is 9.88 Å². The van der Waals surface area contributed by atoms with Gasteiger partial charge in [0, 0.05) is 30.0 Å². The van der Waals surface area contributed by atoms with Crippen molar-refractivity contribution >= 4 is 5.91 Å². The van der Waals surface area contributed by atoms with Gasteiger partial charge in [-0.15, -0.1) is 0 Å². The molecule has 2 aromatic rings. The second-order valence-electron chi connectivity index (χ2n) is 6.32. The lowest BCUT2D eigenvalue weighted by Gasteiger charge is -2.26. The number of aryl methyl sites for hydroxylation is 1. The number of aromatic amines is 1. The molecule has 1 saturated carbocycles. The minimum atomic E-state index is -0.159. The van der Waals surface area contributed by atoms with Crippen LogP contribution in [-0.4, -0.2) is 32.9 Å². The zero-order chi connectivity index (χ0) is 15.3. The molecule has 22 heavy (non-hydrogen) atoms. The second-order valence-corrected chi connectivity index (χ2v) is 6.32. The van der Waals surface area contributed by atoms with E-state index in [4.69, 9.17) is 0 Å². The van der Waals surface area contributed by atoms with E-state index in [1.807, 2.05) is 36.1 Å². The van der Waals surface area contributed by atoms with Gasteiger partial charge in [0.15, 0.2) is 0 Å². The van der Waals surface area contributed by atoms with Crippen LogP contribution in [0.25, 0.3) is 5.69 Å². The quantitative estimate of drug-likeness (QED) is 0.923. The lowest BCUT2D eigenvalue weighted by molar-refractivity contribution is 0.0706. The molecule has 2 heterocycles. The summed E-state index contributed by atoms with van der Waals surface area (Å²) in [5.41, 5.74) is 2.18. The summed E-state index contributed by atoms with van der Waals surface area (Å²) >= 11 is 0. The maximum atomic E-state index is 12.6. The molecule has 2 fully saturated rings. The number of H-pyrrole nitrogens is 1. The van der Waals surface area contributed by atoms with Gasteiger partial charge in [-0.3, -0.25) is 9.36 Å². The smallest absolute Gasteiger partial charge is 0.330 e. The largest absolute Gasteiger partial charge is 0.335 e. The summed E-state index contributed by atoms with van der Waals surface area (Å²) in [5.74, 6) is 0.856. The Labute approximate surface area is 128 Å². The zero-order valence-electron chi connectivity index (χ0n) is 12.6. The normalized spacial score (nSPS) is 23.2. The van der Waals surface area contributed by atoms with Crippen molar-refractivity contribution in [2.75, 3.05) is 6.54 Å². The molecule has 1 aromatic carbocycles. The number of likely N-dealkylation sites (tertiary alicyclic amines) is 1. The average molecular weight is 297 g/mol. The third-order valence-corrected chi connectivity index (χ3v) is 4.85. The Morgan fingerprint density at radius 1 is 1.27 bits per heavy atom. The van der Waals surface area contributed by atoms with Crippen molar-refractivity contribution in [2.24, 2.45) is 5.92 Å². The number of carbonyl (C=O) groups is 1. The van der Waals surface area contributed by atoms with Crippen molar-refractivity contribution in [3.05, 3.63) is 52.2 Å². The third kappa shape index (κ3) is 2.08. The van der Waals surface area contributed by atoms with Crippen molar-refractivity contribution in [3.63, 3.8) is 0 Å². The fourth-order valence-electron chi connectivity index (χ4n) is 3.56. The fourth-order valence-corrected chi connectivity index (χ4v) is 3.56. The SMILES string of the molecule is Cc1c[nH]c(=O)n1-c1ccc(C(=O)N2CCCC3CC32)cc1. The highest BCUT2D eigenvalue weighted by Crippen LogP contribution is 2.43. The van der Waals surface area contributed by atoms with Gasteiger partial charge in [0.2, 0.25) is 0 Å². The van der Waals surface area contributed by atoms with Crippen LogP contribution in [0.3, 0.4) is 0 Å². The Kier molecular flexibility index (Phi) is 2.96. The first-order chi connectivity index (χ1) is 10.6. The first kappa shape index (κ1) is 13.4. The van der Waals surface area contributed by atoms with Crippen molar-refractivity contribution in [3.8, 4) is 5.69 Å². The highest BCUT2D eigenvalue weighted by molar-refractivity contribution is 5.95. The number of carbonyl (C=O) groups excluding carboxylic acids is 1. The maximum absolute atomic E-state index is 12.6. The number of nitrogens with one attached hydrogen (secondary N) is 1. The summed E-state index contributed by atoms with van der Waals surface area (Å²) in [5, 5.41) is 0. The van der Waals surface area contributed by atoms with Crippen LogP contribution in [0.4, 0.5) is 0 Å².